The first-order chi connectivity index (χ1) is 14.1. The molecule has 0 spiro atoms. The Labute approximate surface area is 173 Å². The van der Waals surface area contributed by atoms with Gasteiger partial charge in [-0.15, -0.1) is 0 Å². The van der Waals surface area contributed by atoms with Crippen molar-refractivity contribution in [1.29, 1.82) is 0 Å². The zero-order chi connectivity index (χ0) is 20.6. The zero-order valence-electron chi connectivity index (χ0n) is 17.9. The predicted molar refractivity (Wildman–Crippen MR) is 115 cm³/mol. The second-order valence-corrected chi connectivity index (χ2v) is 7.67. The van der Waals surface area contributed by atoms with Gasteiger partial charge in [0.05, 0.1) is 19.3 Å². The molecule has 2 fully saturated rings. The number of morpholine rings is 1. The minimum Gasteiger partial charge on any atom is -0.375 e. The number of rotatable bonds is 6. The van der Waals surface area contributed by atoms with E-state index < -0.39 is 0 Å². The normalized spacial score (nSPS) is 22.7. The molecular formula is C21H34N6O2. The first kappa shape index (κ1) is 21.4. The summed E-state index contributed by atoms with van der Waals surface area (Å²) in [4.78, 5) is 25.4. The van der Waals surface area contributed by atoms with E-state index in [1.807, 2.05) is 24.1 Å². The molecule has 1 aromatic heterocycles. The van der Waals surface area contributed by atoms with Crippen LogP contribution in [-0.4, -0.2) is 73.2 Å². The molecule has 1 aromatic rings. The van der Waals surface area contributed by atoms with Crippen LogP contribution in [-0.2, 0) is 16.1 Å². The summed E-state index contributed by atoms with van der Waals surface area (Å²) in [5, 5.41) is 6.80. The summed E-state index contributed by atoms with van der Waals surface area (Å²) in [7, 11) is 0. The minimum absolute atomic E-state index is 0.220. The molecule has 29 heavy (non-hydrogen) atoms. The van der Waals surface area contributed by atoms with Gasteiger partial charge in [-0.2, -0.15) is 0 Å². The molecule has 2 N–H and O–H groups in total. The molecule has 0 aromatic carbocycles. The largest absolute Gasteiger partial charge is 0.375 e. The number of carbonyl (C=O) groups excluding carboxylic acids is 1. The SMILES string of the molecule is CCNC(=NCc1ccnc(N2CCOC(C)C2)c1)NC1CCN(C(=O)CC)C1. The maximum Gasteiger partial charge on any atom is 0.222 e. The molecule has 3 heterocycles. The summed E-state index contributed by atoms with van der Waals surface area (Å²) in [5.41, 5.74) is 1.13. The summed E-state index contributed by atoms with van der Waals surface area (Å²) >= 11 is 0. The molecule has 2 saturated heterocycles. The van der Waals surface area contributed by atoms with Crippen molar-refractivity contribution < 1.29 is 9.53 Å². The number of anilines is 1. The van der Waals surface area contributed by atoms with Crippen LogP contribution in [0.5, 0.6) is 0 Å². The third kappa shape index (κ3) is 6.06. The second kappa shape index (κ2) is 10.4. The highest BCUT2D eigenvalue weighted by Crippen LogP contribution is 2.17. The number of carbonyl (C=O) groups is 1. The third-order valence-electron chi connectivity index (χ3n) is 5.32. The van der Waals surface area contributed by atoms with Gasteiger partial charge in [0, 0.05) is 51.4 Å². The number of amides is 1. The average Bonchev–Trinajstić information content (AvgIpc) is 3.20. The van der Waals surface area contributed by atoms with Crippen molar-refractivity contribution in [2.24, 2.45) is 4.99 Å². The average molecular weight is 403 g/mol. The molecule has 8 nitrogen and oxygen atoms in total. The highest BCUT2D eigenvalue weighted by Gasteiger charge is 2.25. The fourth-order valence-corrected chi connectivity index (χ4v) is 3.77. The van der Waals surface area contributed by atoms with E-state index in [4.69, 9.17) is 9.73 Å². The van der Waals surface area contributed by atoms with Gasteiger partial charge in [0.25, 0.3) is 0 Å². The van der Waals surface area contributed by atoms with Crippen molar-refractivity contribution in [2.45, 2.75) is 52.3 Å². The second-order valence-electron chi connectivity index (χ2n) is 7.67. The Morgan fingerprint density at radius 1 is 1.34 bits per heavy atom. The van der Waals surface area contributed by atoms with Crippen LogP contribution >= 0.6 is 0 Å². The molecule has 2 aliphatic rings. The molecule has 0 aliphatic carbocycles. The van der Waals surface area contributed by atoms with Crippen molar-refractivity contribution in [3.63, 3.8) is 0 Å². The maximum absolute atomic E-state index is 11.9. The number of nitrogens with one attached hydrogen (secondary N) is 2. The number of pyridine rings is 1. The number of aromatic nitrogens is 1. The monoisotopic (exact) mass is 402 g/mol. The lowest BCUT2D eigenvalue weighted by Gasteiger charge is -2.32. The van der Waals surface area contributed by atoms with Crippen molar-refractivity contribution >= 4 is 17.7 Å². The summed E-state index contributed by atoms with van der Waals surface area (Å²) in [6.07, 6.45) is 3.59. The standard InChI is InChI=1S/C21H34N6O2/c1-4-20(28)27-9-7-18(15-27)25-21(22-5-2)24-13-17-6-8-23-19(12-17)26-10-11-29-16(3)14-26/h6,8,12,16,18H,4-5,7,9-11,13-15H2,1-3H3,(H2,22,24,25). The summed E-state index contributed by atoms with van der Waals surface area (Å²) in [6, 6.07) is 4.37. The van der Waals surface area contributed by atoms with Crippen LogP contribution in [0.4, 0.5) is 5.82 Å². The third-order valence-corrected chi connectivity index (χ3v) is 5.32. The van der Waals surface area contributed by atoms with Crippen molar-refractivity contribution in [3.05, 3.63) is 23.9 Å². The molecule has 160 valence electrons. The zero-order valence-corrected chi connectivity index (χ0v) is 17.9. The van der Waals surface area contributed by atoms with Crippen LogP contribution in [0.2, 0.25) is 0 Å². The lowest BCUT2D eigenvalue weighted by molar-refractivity contribution is -0.129. The molecule has 2 unspecified atom stereocenters. The van der Waals surface area contributed by atoms with E-state index in [9.17, 15) is 4.79 Å². The number of likely N-dealkylation sites (tertiary alicyclic amines) is 1. The van der Waals surface area contributed by atoms with Crippen LogP contribution in [0.25, 0.3) is 0 Å². The molecule has 2 atom stereocenters. The van der Waals surface area contributed by atoms with Crippen molar-refractivity contribution in [2.75, 3.05) is 44.2 Å². The van der Waals surface area contributed by atoms with E-state index in [1.165, 1.54) is 0 Å². The number of nitrogens with zero attached hydrogens (tertiary/aromatic N) is 4. The first-order valence-electron chi connectivity index (χ1n) is 10.7. The van der Waals surface area contributed by atoms with Crippen LogP contribution in [0.3, 0.4) is 0 Å². The van der Waals surface area contributed by atoms with E-state index >= 15 is 0 Å². The fraction of sp³-hybridized carbons (Fsp3) is 0.667. The highest BCUT2D eigenvalue weighted by molar-refractivity contribution is 5.80. The summed E-state index contributed by atoms with van der Waals surface area (Å²) < 4.78 is 5.63. The minimum atomic E-state index is 0.220. The molecule has 8 heteroatoms. The van der Waals surface area contributed by atoms with E-state index in [1.54, 1.807) is 0 Å². The first-order valence-corrected chi connectivity index (χ1v) is 10.7. The molecule has 1 amide bonds. The van der Waals surface area contributed by atoms with E-state index in [-0.39, 0.29) is 18.1 Å². The molecule has 0 saturated carbocycles. The molecular weight excluding hydrogens is 368 g/mol. The van der Waals surface area contributed by atoms with Gasteiger partial charge >= 0.3 is 0 Å². The number of guanidine groups is 1. The Morgan fingerprint density at radius 3 is 2.97 bits per heavy atom. The lowest BCUT2D eigenvalue weighted by Crippen LogP contribution is -2.45. The Kier molecular flexibility index (Phi) is 7.69. The molecule has 3 rings (SSSR count). The fourth-order valence-electron chi connectivity index (χ4n) is 3.77. The number of hydrogen-bond donors (Lipinski definition) is 2. The van der Waals surface area contributed by atoms with Gasteiger partial charge in [-0.05, 0) is 38.0 Å². The van der Waals surface area contributed by atoms with Gasteiger partial charge in [-0.1, -0.05) is 6.92 Å². The van der Waals surface area contributed by atoms with E-state index in [0.29, 0.717) is 13.0 Å². The smallest absolute Gasteiger partial charge is 0.222 e. The topological polar surface area (TPSA) is 82.1 Å². The summed E-state index contributed by atoms with van der Waals surface area (Å²) in [5.74, 6) is 2.00. The number of aliphatic imine (C=N–C) groups is 1. The predicted octanol–water partition coefficient (Wildman–Crippen LogP) is 1.37. The Hall–Kier alpha value is -2.35. The Balaban J connectivity index is 1.60. The lowest BCUT2D eigenvalue weighted by atomic mass is 10.2. The molecule has 2 aliphatic heterocycles. The number of ether oxygens (including phenoxy) is 1. The quantitative estimate of drug-likeness (QED) is 0.553. The van der Waals surface area contributed by atoms with Gasteiger partial charge in [0.2, 0.25) is 5.91 Å². The van der Waals surface area contributed by atoms with Gasteiger partial charge in [-0.3, -0.25) is 4.79 Å². The van der Waals surface area contributed by atoms with Crippen molar-refractivity contribution in [3.8, 4) is 0 Å². The van der Waals surface area contributed by atoms with Crippen LogP contribution in [0.1, 0.15) is 39.2 Å². The van der Waals surface area contributed by atoms with Crippen molar-refractivity contribution in [1.82, 2.24) is 20.5 Å². The van der Waals surface area contributed by atoms with Crippen LogP contribution < -0.4 is 15.5 Å². The van der Waals surface area contributed by atoms with Crippen LogP contribution in [0, 0.1) is 0 Å². The van der Waals surface area contributed by atoms with Crippen LogP contribution in [0.15, 0.2) is 23.3 Å². The molecule has 0 radical (unpaired) electrons. The van der Waals surface area contributed by atoms with Gasteiger partial charge in [0.15, 0.2) is 5.96 Å². The van der Waals surface area contributed by atoms with Gasteiger partial charge < -0.3 is 25.2 Å². The highest BCUT2D eigenvalue weighted by atomic mass is 16.5. The molecule has 0 bridgehead atoms. The Morgan fingerprint density at radius 2 is 2.21 bits per heavy atom. The van der Waals surface area contributed by atoms with Gasteiger partial charge in [-0.25, -0.2) is 9.98 Å². The van der Waals surface area contributed by atoms with E-state index in [0.717, 1.165) is 63.1 Å². The van der Waals surface area contributed by atoms with Gasteiger partial charge in [0.1, 0.15) is 5.82 Å². The maximum atomic E-state index is 11.9. The Bertz CT molecular complexity index is 710. The van der Waals surface area contributed by atoms with E-state index in [2.05, 4.69) is 40.4 Å². The summed E-state index contributed by atoms with van der Waals surface area (Å²) in [6.45, 7) is 11.4. The number of hydrogen-bond acceptors (Lipinski definition) is 5.